The Morgan fingerprint density at radius 1 is 1.23 bits per heavy atom. The normalized spacial score (nSPS) is 11.0. The third kappa shape index (κ3) is 3.55. The smallest absolute Gasteiger partial charge is 0.267 e. The Labute approximate surface area is 180 Å². The van der Waals surface area contributed by atoms with Crippen LogP contribution in [-0.2, 0) is 6.42 Å². The van der Waals surface area contributed by atoms with E-state index in [9.17, 15) is 14.0 Å². The molecular weight excluding hydrogens is 427 g/mol. The van der Waals surface area contributed by atoms with Crippen molar-refractivity contribution in [2.24, 2.45) is 5.73 Å². The summed E-state index contributed by atoms with van der Waals surface area (Å²) in [5.41, 5.74) is 7.77. The molecule has 0 bridgehead atoms. The third-order valence-corrected chi connectivity index (χ3v) is 6.29. The average molecular weight is 443 g/mol. The quantitative estimate of drug-likeness (QED) is 0.465. The van der Waals surface area contributed by atoms with Gasteiger partial charge in [-0.05, 0) is 48.9 Å². The molecule has 0 saturated heterocycles. The maximum absolute atomic E-state index is 13.4. The monoisotopic (exact) mass is 442 g/mol. The minimum absolute atomic E-state index is 0.298. The van der Waals surface area contributed by atoms with Crippen LogP contribution in [0.25, 0.3) is 15.8 Å². The first kappa shape index (κ1) is 20.1. The first-order valence-corrected chi connectivity index (χ1v) is 10.2. The summed E-state index contributed by atoms with van der Waals surface area (Å²) in [5, 5.41) is 7.97. The lowest BCUT2D eigenvalue weighted by atomic mass is 10.2. The molecule has 0 aliphatic rings. The molecule has 2 amide bonds. The first-order chi connectivity index (χ1) is 14.4. The Bertz CT molecular complexity index is 1280. The predicted molar refractivity (Wildman–Crippen MR) is 116 cm³/mol. The van der Waals surface area contributed by atoms with Gasteiger partial charge in [0.2, 0.25) is 0 Å². The zero-order chi connectivity index (χ0) is 21.4. The van der Waals surface area contributed by atoms with Crippen LogP contribution in [0.3, 0.4) is 0 Å². The molecule has 0 fully saturated rings. The van der Waals surface area contributed by atoms with Crippen LogP contribution >= 0.6 is 22.9 Å². The van der Waals surface area contributed by atoms with Gasteiger partial charge in [-0.1, -0.05) is 18.5 Å². The highest BCUT2D eigenvalue weighted by atomic mass is 35.5. The second kappa shape index (κ2) is 7.89. The summed E-state index contributed by atoms with van der Waals surface area (Å²) in [6, 6.07) is 11.2. The Balaban J connectivity index is 1.58. The molecule has 0 radical (unpaired) electrons. The lowest BCUT2D eigenvalue weighted by Crippen LogP contribution is -2.13. The summed E-state index contributed by atoms with van der Waals surface area (Å²) in [6.07, 6.45) is 2.03. The summed E-state index contributed by atoms with van der Waals surface area (Å²) >= 11 is 7.45. The predicted octanol–water partition coefficient (Wildman–Crippen LogP) is 4.79. The fourth-order valence-electron chi connectivity index (χ4n) is 3.20. The number of thiophene rings is 1. The number of anilines is 1. The highest BCUT2D eigenvalue weighted by Crippen LogP contribution is 2.36. The number of carbonyl (C=O) groups is 2. The summed E-state index contributed by atoms with van der Waals surface area (Å²) in [5.74, 6) is -1.28. The summed E-state index contributed by atoms with van der Waals surface area (Å²) in [6.45, 7) is 1.91. The number of primary amides is 1. The molecule has 0 atom stereocenters. The molecule has 9 heteroatoms. The number of aromatic nitrogens is 2. The summed E-state index contributed by atoms with van der Waals surface area (Å²) < 4.78 is 15.7. The molecule has 0 spiro atoms. The average Bonchev–Trinajstić information content (AvgIpc) is 3.29. The number of rotatable bonds is 5. The van der Waals surface area contributed by atoms with E-state index in [4.69, 9.17) is 17.3 Å². The molecule has 2 aromatic carbocycles. The number of benzene rings is 2. The van der Waals surface area contributed by atoms with E-state index in [-0.39, 0.29) is 11.7 Å². The van der Waals surface area contributed by atoms with Crippen molar-refractivity contribution in [1.29, 1.82) is 0 Å². The van der Waals surface area contributed by atoms with Crippen molar-refractivity contribution in [3.63, 3.8) is 0 Å². The van der Waals surface area contributed by atoms with E-state index in [0.29, 0.717) is 43.4 Å². The van der Waals surface area contributed by atoms with Gasteiger partial charge in [-0.2, -0.15) is 5.10 Å². The Kier molecular flexibility index (Phi) is 5.27. The van der Waals surface area contributed by atoms with E-state index >= 15 is 0 Å². The highest BCUT2D eigenvalue weighted by molar-refractivity contribution is 7.21. The van der Waals surface area contributed by atoms with Crippen LogP contribution in [0.5, 0.6) is 0 Å². The van der Waals surface area contributed by atoms with Gasteiger partial charge in [0.05, 0.1) is 28.2 Å². The maximum atomic E-state index is 13.4. The molecule has 2 heterocycles. The maximum Gasteiger partial charge on any atom is 0.267 e. The molecule has 4 aromatic rings. The minimum atomic E-state index is -0.526. The molecule has 4 rings (SSSR count). The van der Waals surface area contributed by atoms with Crippen LogP contribution in [0.2, 0.25) is 5.02 Å². The van der Waals surface area contributed by atoms with Crippen LogP contribution in [0, 0.1) is 5.82 Å². The number of nitrogens with zero attached hydrogens (tertiary/aromatic N) is 2. The van der Waals surface area contributed by atoms with Gasteiger partial charge in [-0.25, -0.2) is 9.07 Å². The van der Waals surface area contributed by atoms with Crippen LogP contribution < -0.4 is 11.1 Å². The fourth-order valence-corrected chi connectivity index (χ4v) is 4.64. The zero-order valence-corrected chi connectivity index (χ0v) is 17.4. The van der Waals surface area contributed by atoms with E-state index in [1.807, 2.05) is 6.92 Å². The van der Waals surface area contributed by atoms with Crippen molar-refractivity contribution in [3.8, 4) is 5.69 Å². The van der Waals surface area contributed by atoms with Crippen molar-refractivity contribution in [2.45, 2.75) is 13.3 Å². The molecule has 6 nitrogen and oxygen atoms in total. The number of carbonyl (C=O) groups excluding carboxylic acids is 2. The second-order valence-electron chi connectivity index (χ2n) is 6.52. The molecule has 0 unspecified atom stereocenters. The van der Waals surface area contributed by atoms with Gasteiger partial charge in [-0.15, -0.1) is 11.3 Å². The van der Waals surface area contributed by atoms with Crippen molar-refractivity contribution in [3.05, 3.63) is 75.6 Å². The molecule has 30 heavy (non-hydrogen) atoms. The SMILES string of the molecule is CCc1c(C(N)=O)cnn1-c1ccc(NC(=O)c2sc3cc(F)ccc3c2Cl)cc1. The van der Waals surface area contributed by atoms with Gasteiger partial charge in [0.25, 0.3) is 11.8 Å². The summed E-state index contributed by atoms with van der Waals surface area (Å²) in [4.78, 5) is 24.5. The fraction of sp³-hybridized carbons (Fsp3) is 0.0952. The molecule has 0 aliphatic heterocycles. The van der Waals surface area contributed by atoms with E-state index < -0.39 is 5.91 Å². The van der Waals surface area contributed by atoms with Crippen molar-refractivity contribution >= 4 is 50.5 Å². The standard InChI is InChI=1S/C21H16ClFN4O2S/c1-2-16-15(20(24)28)10-25-27(16)13-6-4-12(5-7-13)26-21(29)19-18(22)14-8-3-11(23)9-17(14)30-19/h3-10H,2H2,1H3,(H2,24,28)(H,26,29). The number of fused-ring (bicyclic) bond motifs is 1. The second-order valence-corrected chi connectivity index (χ2v) is 7.95. The Hall–Kier alpha value is -3.23. The van der Waals surface area contributed by atoms with Gasteiger partial charge < -0.3 is 11.1 Å². The van der Waals surface area contributed by atoms with E-state index in [1.165, 1.54) is 18.3 Å². The van der Waals surface area contributed by atoms with E-state index in [2.05, 4.69) is 10.4 Å². The van der Waals surface area contributed by atoms with Crippen LogP contribution in [0.1, 0.15) is 32.6 Å². The van der Waals surface area contributed by atoms with E-state index in [0.717, 1.165) is 17.0 Å². The number of hydrogen-bond donors (Lipinski definition) is 2. The number of nitrogens with one attached hydrogen (secondary N) is 1. The van der Waals surface area contributed by atoms with Crippen LogP contribution in [0.4, 0.5) is 10.1 Å². The van der Waals surface area contributed by atoms with Gasteiger partial charge >= 0.3 is 0 Å². The van der Waals surface area contributed by atoms with Crippen LogP contribution in [0.15, 0.2) is 48.7 Å². The molecule has 0 aliphatic carbocycles. The highest BCUT2D eigenvalue weighted by Gasteiger charge is 2.18. The lowest BCUT2D eigenvalue weighted by molar-refractivity contribution is 0.0997. The topological polar surface area (TPSA) is 90.0 Å². The minimum Gasteiger partial charge on any atom is -0.365 e. The number of nitrogens with two attached hydrogens (primary N) is 1. The molecule has 3 N–H and O–H groups in total. The zero-order valence-electron chi connectivity index (χ0n) is 15.8. The molecule has 152 valence electrons. The third-order valence-electron chi connectivity index (χ3n) is 4.64. The molecular formula is C21H16ClFN4O2S. The Morgan fingerprint density at radius 3 is 2.63 bits per heavy atom. The first-order valence-electron chi connectivity index (χ1n) is 9.05. The van der Waals surface area contributed by atoms with Crippen molar-refractivity contribution < 1.29 is 14.0 Å². The van der Waals surface area contributed by atoms with E-state index in [1.54, 1.807) is 35.0 Å². The van der Waals surface area contributed by atoms with Crippen LogP contribution in [-0.4, -0.2) is 21.6 Å². The largest absolute Gasteiger partial charge is 0.365 e. The lowest BCUT2D eigenvalue weighted by Gasteiger charge is -2.09. The summed E-state index contributed by atoms with van der Waals surface area (Å²) in [7, 11) is 0. The number of hydrogen-bond acceptors (Lipinski definition) is 4. The molecule has 0 saturated carbocycles. The van der Waals surface area contributed by atoms with Crippen molar-refractivity contribution in [1.82, 2.24) is 9.78 Å². The Morgan fingerprint density at radius 2 is 1.97 bits per heavy atom. The van der Waals surface area contributed by atoms with Gasteiger partial charge in [0, 0.05) is 15.8 Å². The number of halogens is 2. The number of amides is 2. The van der Waals surface area contributed by atoms with Gasteiger partial charge in [-0.3, -0.25) is 9.59 Å². The van der Waals surface area contributed by atoms with Gasteiger partial charge in [0.1, 0.15) is 10.7 Å². The van der Waals surface area contributed by atoms with Crippen molar-refractivity contribution in [2.75, 3.05) is 5.32 Å². The molecule has 2 aromatic heterocycles. The van der Waals surface area contributed by atoms with Gasteiger partial charge in [0.15, 0.2) is 0 Å².